The minimum atomic E-state index is -0.856. The van der Waals surface area contributed by atoms with Crippen molar-refractivity contribution in [2.45, 2.75) is 24.7 Å². The monoisotopic (exact) mass is 327 g/mol. The van der Waals surface area contributed by atoms with Crippen LogP contribution in [-0.2, 0) is 11.3 Å². The van der Waals surface area contributed by atoms with E-state index in [2.05, 4.69) is 16.8 Å². The van der Waals surface area contributed by atoms with Crippen LogP contribution in [0, 0.1) is 0 Å². The van der Waals surface area contributed by atoms with E-state index in [1.54, 1.807) is 6.07 Å². The fraction of sp³-hybridized carbons (Fsp3) is 0.429. The van der Waals surface area contributed by atoms with E-state index in [4.69, 9.17) is 16.7 Å². The minimum Gasteiger partial charge on any atom is -0.481 e. The zero-order chi connectivity index (χ0) is 15.6. The van der Waals surface area contributed by atoms with Gasteiger partial charge in [0.25, 0.3) is 0 Å². The molecular weight excluding hydrogens is 310 g/mol. The summed E-state index contributed by atoms with van der Waals surface area (Å²) in [5, 5.41) is 10.1. The van der Waals surface area contributed by atoms with Crippen LogP contribution in [0.15, 0.2) is 23.4 Å². The second-order valence-corrected chi connectivity index (χ2v) is 6.46. The van der Waals surface area contributed by atoms with Crippen LogP contribution in [0.4, 0.5) is 0 Å². The van der Waals surface area contributed by atoms with Gasteiger partial charge in [-0.25, -0.2) is 4.98 Å². The molecule has 0 aliphatic carbocycles. The van der Waals surface area contributed by atoms with Crippen molar-refractivity contribution in [1.29, 1.82) is 0 Å². The van der Waals surface area contributed by atoms with E-state index < -0.39 is 5.97 Å². The van der Waals surface area contributed by atoms with Gasteiger partial charge >= 0.3 is 5.97 Å². The van der Waals surface area contributed by atoms with Gasteiger partial charge in [0.1, 0.15) is 5.52 Å². The van der Waals surface area contributed by atoms with Gasteiger partial charge in [0.2, 0.25) is 0 Å². The van der Waals surface area contributed by atoms with Crippen LogP contribution in [-0.4, -0.2) is 51.4 Å². The molecule has 0 saturated heterocycles. The summed E-state index contributed by atoms with van der Waals surface area (Å²) in [7, 11) is 4.03. The molecule has 1 unspecified atom stereocenters. The highest BCUT2D eigenvalue weighted by molar-refractivity contribution is 7.99. The maximum atomic E-state index is 10.8. The predicted molar refractivity (Wildman–Crippen MR) is 86.3 cm³/mol. The smallest absolute Gasteiger partial charge is 0.313 e. The molecule has 0 radical (unpaired) electrons. The van der Waals surface area contributed by atoms with Gasteiger partial charge in [-0.15, -0.1) is 0 Å². The van der Waals surface area contributed by atoms with Gasteiger partial charge in [-0.2, -0.15) is 0 Å². The molecule has 0 spiro atoms. The molecule has 0 aliphatic heterocycles. The highest BCUT2D eigenvalue weighted by Crippen LogP contribution is 2.29. The summed E-state index contributed by atoms with van der Waals surface area (Å²) in [4.78, 5) is 17.4. The molecule has 0 bridgehead atoms. The van der Waals surface area contributed by atoms with E-state index in [0.29, 0.717) is 16.2 Å². The first-order valence-corrected chi connectivity index (χ1v) is 7.92. The number of halogens is 1. The highest BCUT2D eigenvalue weighted by atomic mass is 35.5. The SMILES string of the molecule is CC(Cn1c(SCC(=O)O)nc2c(Cl)cccc21)N(C)C. The number of fused-ring (bicyclic) bond motifs is 1. The standard InChI is InChI=1S/C14H18ClN3O2S/c1-9(17(2)3)7-18-11-6-4-5-10(15)13(11)16-14(18)21-8-12(19)20/h4-6,9H,7-8H2,1-3H3,(H,19,20). The molecule has 21 heavy (non-hydrogen) atoms. The number of hydrogen-bond donors (Lipinski definition) is 1. The lowest BCUT2D eigenvalue weighted by molar-refractivity contribution is -0.133. The number of rotatable bonds is 6. The maximum absolute atomic E-state index is 10.8. The molecule has 0 amide bonds. The molecule has 114 valence electrons. The molecule has 2 aromatic rings. The van der Waals surface area contributed by atoms with Gasteiger partial charge in [0, 0.05) is 12.6 Å². The summed E-state index contributed by atoms with van der Waals surface area (Å²) in [6, 6.07) is 5.93. The maximum Gasteiger partial charge on any atom is 0.313 e. The Kier molecular flexibility index (Phi) is 5.13. The van der Waals surface area contributed by atoms with Crippen molar-refractivity contribution in [3.63, 3.8) is 0 Å². The largest absolute Gasteiger partial charge is 0.481 e. The molecule has 0 fully saturated rings. The Morgan fingerprint density at radius 3 is 2.86 bits per heavy atom. The van der Waals surface area contributed by atoms with Crippen LogP contribution in [0.25, 0.3) is 11.0 Å². The van der Waals surface area contributed by atoms with Crippen LogP contribution in [0.2, 0.25) is 5.02 Å². The van der Waals surface area contributed by atoms with Gasteiger partial charge in [-0.3, -0.25) is 4.79 Å². The number of aliphatic carboxylic acids is 1. The summed E-state index contributed by atoms with van der Waals surface area (Å²) in [5.74, 6) is -0.873. The Morgan fingerprint density at radius 2 is 2.24 bits per heavy atom. The number of hydrogen-bond acceptors (Lipinski definition) is 4. The number of benzene rings is 1. The van der Waals surface area contributed by atoms with Crippen LogP contribution < -0.4 is 0 Å². The van der Waals surface area contributed by atoms with Gasteiger partial charge in [0.05, 0.1) is 16.3 Å². The van der Waals surface area contributed by atoms with Crippen LogP contribution >= 0.6 is 23.4 Å². The number of nitrogens with zero attached hydrogens (tertiary/aromatic N) is 3. The van der Waals surface area contributed by atoms with E-state index in [9.17, 15) is 4.79 Å². The van der Waals surface area contributed by atoms with Crippen molar-refractivity contribution in [2.75, 3.05) is 19.8 Å². The summed E-state index contributed by atoms with van der Waals surface area (Å²) >= 11 is 7.41. The Hall–Kier alpha value is -1.24. The quantitative estimate of drug-likeness (QED) is 0.827. The first-order valence-electron chi connectivity index (χ1n) is 6.56. The molecule has 1 aromatic heterocycles. The Bertz CT molecular complexity index is 657. The highest BCUT2D eigenvalue weighted by Gasteiger charge is 2.17. The molecule has 1 atom stereocenters. The lowest BCUT2D eigenvalue weighted by Gasteiger charge is -2.21. The molecule has 2 rings (SSSR count). The van der Waals surface area contributed by atoms with Crippen LogP contribution in [0.5, 0.6) is 0 Å². The second-order valence-electron chi connectivity index (χ2n) is 5.11. The first-order chi connectivity index (χ1) is 9.90. The molecule has 0 saturated carbocycles. The van der Waals surface area contributed by atoms with Crippen molar-refractivity contribution >= 4 is 40.4 Å². The normalized spacial score (nSPS) is 13.0. The molecule has 0 aliphatic rings. The average molecular weight is 328 g/mol. The van der Waals surface area contributed by atoms with Gasteiger partial charge in [-0.1, -0.05) is 29.4 Å². The Morgan fingerprint density at radius 1 is 1.52 bits per heavy atom. The fourth-order valence-electron chi connectivity index (χ4n) is 1.93. The van der Waals surface area contributed by atoms with Crippen molar-refractivity contribution in [2.24, 2.45) is 0 Å². The Labute approximate surface area is 132 Å². The topological polar surface area (TPSA) is 58.4 Å². The third-order valence-corrected chi connectivity index (χ3v) is 4.61. The van der Waals surface area contributed by atoms with Gasteiger partial charge in [-0.05, 0) is 33.2 Å². The molecular formula is C14H18ClN3O2S. The molecule has 1 N–H and O–H groups in total. The number of thioether (sulfide) groups is 1. The number of imidazole rings is 1. The summed E-state index contributed by atoms with van der Waals surface area (Å²) in [6.45, 7) is 2.84. The van der Waals surface area contributed by atoms with E-state index in [0.717, 1.165) is 17.6 Å². The zero-order valence-electron chi connectivity index (χ0n) is 12.2. The molecule has 1 heterocycles. The van der Waals surface area contributed by atoms with E-state index >= 15 is 0 Å². The Balaban J connectivity index is 2.44. The van der Waals surface area contributed by atoms with Crippen molar-refractivity contribution in [3.05, 3.63) is 23.2 Å². The number of carbonyl (C=O) groups is 1. The van der Waals surface area contributed by atoms with Crippen LogP contribution in [0.3, 0.4) is 0 Å². The van der Waals surface area contributed by atoms with Crippen molar-refractivity contribution in [3.8, 4) is 0 Å². The van der Waals surface area contributed by atoms with E-state index in [1.165, 1.54) is 11.8 Å². The second kappa shape index (κ2) is 6.68. The number of likely N-dealkylation sites (N-methyl/N-ethyl adjacent to an activating group) is 1. The molecule has 5 nitrogen and oxygen atoms in total. The summed E-state index contributed by atoms with van der Waals surface area (Å²) in [6.07, 6.45) is 0. The third kappa shape index (κ3) is 3.70. The van der Waals surface area contributed by atoms with Crippen molar-refractivity contribution < 1.29 is 9.90 Å². The number of carboxylic acids is 1. The number of para-hydroxylation sites is 1. The number of carboxylic acid groups (broad SMARTS) is 1. The van der Waals surface area contributed by atoms with Crippen molar-refractivity contribution in [1.82, 2.24) is 14.5 Å². The lowest BCUT2D eigenvalue weighted by Crippen LogP contribution is -2.29. The van der Waals surface area contributed by atoms with Gasteiger partial charge in [0.15, 0.2) is 5.16 Å². The van der Waals surface area contributed by atoms with E-state index in [-0.39, 0.29) is 5.75 Å². The molecule has 7 heteroatoms. The first kappa shape index (κ1) is 16.1. The molecule has 1 aromatic carbocycles. The van der Waals surface area contributed by atoms with E-state index in [1.807, 2.05) is 30.8 Å². The van der Waals surface area contributed by atoms with Gasteiger partial charge < -0.3 is 14.6 Å². The average Bonchev–Trinajstić information content (AvgIpc) is 2.76. The minimum absolute atomic E-state index is 0.0166. The predicted octanol–water partition coefficient (Wildman–Crippen LogP) is 2.82. The summed E-state index contributed by atoms with van der Waals surface area (Å²) < 4.78 is 2.04. The summed E-state index contributed by atoms with van der Waals surface area (Å²) in [5.41, 5.74) is 1.65. The lowest BCUT2D eigenvalue weighted by atomic mass is 10.3. The fourth-order valence-corrected chi connectivity index (χ4v) is 2.88. The van der Waals surface area contributed by atoms with Crippen LogP contribution in [0.1, 0.15) is 6.92 Å². The zero-order valence-corrected chi connectivity index (χ0v) is 13.8. The third-order valence-electron chi connectivity index (χ3n) is 3.35. The number of aromatic nitrogens is 2.